The van der Waals surface area contributed by atoms with Gasteiger partial charge >= 0.3 is 0 Å². The lowest BCUT2D eigenvalue weighted by molar-refractivity contribution is 1.13. The SMILES string of the molecule is [C-]#[N+]c1ccc2c(c1)c1cc(C#N)ccc1n2-c1ccc(-c2nc(-c3ccccc3)cc(-c3ccccc3)n2)cc1-c1nc(-c2ccccc2)cc(-c2ccccc2)n1. The van der Waals surface area contributed by atoms with E-state index in [4.69, 9.17) is 26.5 Å². The molecule has 10 rings (SSSR count). The topological polar surface area (TPSA) is 84.6 Å². The number of aromatic nitrogens is 5. The molecule has 0 N–H and O–H groups in total. The lowest BCUT2D eigenvalue weighted by atomic mass is 10.0. The first kappa shape index (κ1) is 34.9. The van der Waals surface area contributed by atoms with Crippen molar-refractivity contribution in [3.8, 4) is 79.6 Å². The van der Waals surface area contributed by atoms with E-state index in [-0.39, 0.29) is 0 Å². The second-order valence-corrected chi connectivity index (χ2v) is 14.1. The largest absolute Gasteiger partial charge is 0.309 e. The molecule has 10 aromatic rings. The van der Waals surface area contributed by atoms with Crippen molar-refractivity contribution in [3.05, 3.63) is 205 Å². The Morgan fingerprint density at radius 3 is 1.37 bits per heavy atom. The van der Waals surface area contributed by atoms with Gasteiger partial charge in [0.15, 0.2) is 17.3 Å². The smallest absolute Gasteiger partial charge is 0.188 e. The van der Waals surface area contributed by atoms with Crippen LogP contribution in [0.15, 0.2) is 188 Å². The maximum Gasteiger partial charge on any atom is 0.188 e. The fourth-order valence-electron chi connectivity index (χ4n) is 7.63. The van der Waals surface area contributed by atoms with E-state index in [1.807, 2.05) is 127 Å². The number of nitriles is 1. The predicted molar refractivity (Wildman–Crippen MR) is 236 cm³/mol. The summed E-state index contributed by atoms with van der Waals surface area (Å²) in [6.45, 7) is 7.79. The van der Waals surface area contributed by atoms with Gasteiger partial charge < -0.3 is 4.57 Å². The van der Waals surface area contributed by atoms with Gasteiger partial charge in [0, 0.05) is 38.8 Å². The van der Waals surface area contributed by atoms with Crippen LogP contribution in [0.25, 0.3) is 100 Å². The molecule has 0 saturated carbocycles. The summed E-state index contributed by atoms with van der Waals surface area (Å²) in [6, 6.07) is 64.5. The van der Waals surface area contributed by atoms with E-state index >= 15 is 0 Å². The number of benzene rings is 7. The summed E-state index contributed by atoms with van der Waals surface area (Å²) in [5.74, 6) is 1.08. The number of fused-ring (bicyclic) bond motifs is 3. The summed E-state index contributed by atoms with van der Waals surface area (Å²) in [5, 5.41) is 11.7. The minimum atomic E-state index is 0.519. The van der Waals surface area contributed by atoms with Gasteiger partial charge in [-0.05, 0) is 66.0 Å². The van der Waals surface area contributed by atoms with Gasteiger partial charge in [0.1, 0.15) is 0 Å². The third kappa shape index (κ3) is 6.55. The van der Waals surface area contributed by atoms with E-state index < -0.39 is 0 Å². The van der Waals surface area contributed by atoms with Gasteiger partial charge in [0.05, 0.1) is 57.7 Å². The van der Waals surface area contributed by atoms with Crippen molar-refractivity contribution in [2.24, 2.45) is 0 Å². The predicted octanol–water partition coefficient (Wildman–Crippen LogP) is 12.8. The van der Waals surface area contributed by atoms with Crippen LogP contribution in [0.1, 0.15) is 5.56 Å². The second-order valence-electron chi connectivity index (χ2n) is 14.1. The molecule has 7 aromatic carbocycles. The molecular formula is C52H31N7. The Labute approximate surface area is 340 Å². The zero-order valence-electron chi connectivity index (χ0n) is 31.5. The van der Waals surface area contributed by atoms with E-state index in [1.54, 1.807) is 0 Å². The lowest BCUT2D eigenvalue weighted by Crippen LogP contribution is -2.03. The molecule has 0 saturated heterocycles. The lowest BCUT2D eigenvalue weighted by Gasteiger charge is -2.17. The summed E-state index contributed by atoms with van der Waals surface area (Å²) < 4.78 is 2.18. The monoisotopic (exact) mass is 753 g/mol. The first-order chi connectivity index (χ1) is 29.1. The third-order valence-electron chi connectivity index (χ3n) is 10.5. The molecule has 274 valence electrons. The summed E-state index contributed by atoms with van der Waals surface area (Å²) in [7, 11) is 0. The fourth-order valence-corrected chi connectivity index (χ4v) is 7.63. The molecule has 0 aliphatic heterocycles. The Hall–Kier alpha value is -8.52. The third-order valence-corrected chi connectivity index (χ3v) is 10.5. The maximum atomic E-state index is 9.92. The molecule has 7 nitrogen and oxygen atoms in total. The molecule has 0 spiro atoms. The summed E-state index contributed by atoms with van der Waals surface area (Å²) >= 11 is 0. The summed E-state index contributed by atoms with van der Waals surface area (Å²) in [6.07, 6.45) is 0. The Morgan fingerprint density at radius 1 is 0.441 bits per heavy atom. The molecule has 0 unspecified atom stereocenters. The highest BCUT2D eigenvalue weighted by molar-refractivity contribution is 6.11. The van der Waals surface area contributed by atoms with Gasteiger partial charge in [-0.3, -0.25) is 0 Å². The van der Waals surface area contributed by atoms with E-state index in [0.29, 0.717) is 22.9 Å². The molecule has 3 heterocycles. The van der Waals surface area contributed by atoms with Crippen LogP contribution in [0.3, 0.4) is 0 Å². The van der Waals surface area contributed by atoms with Crippen molar-refractivity contribution < 1.29 is 0 Å². The van der Waals surface area contributed by atoms with Gasteiger partial charge in [-0.1, -0.05) is 127 Å². The van der Waals surface area contributed by atoms with E-state index in [2.05, 4.69) is 76.1 Å². The number of nitrogens with zero attached hydrogens (tertiary/aromatic N) is 7. The second kappa shape index (κ2) is 14.9. The van der Waals surface area contributed by atoms with Crippen molar-refractivity contribution in [2.45, 2.75) is 0 Å². The molecule has 0 fully saturated rings. The molecule has 0 radical (unpaired) electrons. The Bertz CT molecular complexity index is 3090. The van der Waals surface area contributed by atoms with Crippen LogP contribution < -0.4 is 0 Å². The van der Waals surface area contributed by atoms with Crippen LogP contribution in [-0.2, 0) is 0 Å². The van der Waals surface area contributed by atoms with Crippen LogP contribution in [0.2, 0.25) is 0 Å². The number of hydrogen-bond donors (Lipinski definition) is 0. The molecule has 7 heteroatoms. The van der Waals surface area contributed by atoms with E-state index in [1.165, 1.54) is 0 Å². The van der Waals surface area contributed by atoms with Gasteiger partial charge in [-0.15, -0.1) is 0 Å². The van der Waals surface area contributed by atoms with Gasteiger partial charge in [-0.2, -0.15) is 5.26 Å². The van der Waals surface area contributed by atoms with Crippen LogP contribution in [0, 0.1) is 17.9 Å². The standard InChI is InChI=1S/C52H31N7/c1-54-40-24-27-49-42(30-40)41-28-34(33-53)22-25-48(41)59(49)50-26-23-39(51-55-44(35-14-6-2-7-15-35)31-45(56-51)36-16-8-3-9-17-36)29-43(50)52-57-46(37-18-10-4-11-19-37)32-47(58-52)38-20-12-5-13-21-38/h2-32H. The van der Waals surface area contributed by atoms with Gasteiger partial charge in [-0.25, -0.2) is 24.8 Å². The number of hydrogen-bond acceptors (Lipinski definition) is 5. The summed E-state index contributed by atoms with van der Waals surface area (Å²) in [5.41, 5.74) is 12.2. The Morgan fingerprint density at radius 2 is 0.898 bits per heavy atom. The average molecular weight is 754 g/mol. The van der Waals surface area contributed by atoms with Crippen molar-refractivity contribution in [2.75, 3.05) is 0 Å². The van der Waals surface area contributed by atoms with Crippen LogP contribution in [-0.4, -0.2) is 24.5 Å². The summed E-state index contributed by atoms with van der Waals surface area (Å²) in [4.78, 5) is 24.7. The van der Waals surface area contributed by atoms with Crippen LogP contribution >= 0.6 is 0 Å². The Kier molecular flexibility index (Phi) is 8.80. The molecule has 0 bridgehead atoms. The highest BCUT2D eigenvalue weighted by atomic mass is 15.0. The van der Waals surface area contributed by atoms with Crippen molar-refractivity contribution in [3.63, 3.8) is 0 Å². The zero-order valence-corrected chi connectivity index (χ0v) is 31.5. The van der Waals surface area contributed by atoms with Crippen LogP contribution in [0.5, 0.6) is 0 Å². The average Bonchev–Trinajstić information content (AvgIpc) is 3.64. The van der Waals surface area contributed by atoms with Crippen molar-refractivity contribution in [1.82, 2.24) is 24.5 Å². The van der Waals surface area contributed by atoms with Crippen LogP contribution in [0.4, 0.5) is 5.69 Å². The minimum absolute atomic E-state index is 0.519. The zero-order chi connectivity index (χ0) is 39.7. The van der Waals surface area contributed by atoms with E-state index in [0.717, 1.165) is 83.6 Å². The molecule has 0 aliphatic carbocycles. The quantitative estimate of drug-likeness (QED) is 0.151. The maximum absolute atomic E-state index is 9.92. The first-order valence-corrected chi connectivity index (χ1v) is 19.1. The molecule has 59 heavy (non-hydrogen) atoms. The highest BCUT2D eigenvalue weighted by Gasteiger charge is 2.21. The molecule has 0 aliphatic rings. The molecule has 0 amide bonds. The molecular weight excluding hydrogens is 723 g/mol. The van der Waals surface area contributed by atoms with Crippen molar-refractivity contribution >= 4 is 27.5 Å². The van der Waals surface area contributed by atoms with Crippen molar-refractivity contribution in [1.29, 1.82) is 5.26 Å². The number of rotatable bonds is 7. The molecule has 0 atom stereocenters. The highest BCUT2D eigenvalue weighted by Crippen LogP contribution is 2.40. The molecule has 3 aromatic heterocycles. The van der Waals surface area contributed by atoms with Gasteiger partial charge in [0.2, 0.25) is 0 Å². The minimum Gasteiger partial charge on any atom is -0.309 e. The normalized spacial score (nSPS) is 11.0. The van der Waals surface area contributed by atoms with E-state index in [9.17, 15) is 5.26 Å². The first-order valence-electron chi connectivity index (χ1n) is 19.1. The van der Waals surface area contributed by atoms with Gasteiger partial charge in [0.25, 0.3) is 0 Å². The Balaban J connectivity index is 1.28. The fraction of sp³-hybridized carbons (Fsp3) is 0.